The number of aryl methyl sites for hydroxylation is 1. The van der Waals surface area contributed by atoms with Gasteiger partial charge < -0.3 is 10.3 Å². The van der Waals surface area contributed by atoms with Gasteiger partial charge in [-0.05, 0) is 44.2 Å². The highest BCUT2D eigenvalue weighted by atomic mass is 16.1. The Hall–Kier alpha value is -1.09. The van der Waals surface area contributed by atoms with Crippen molar-refractivity contribution in [2.75, 3.05) is 0 Å². The van der Waals surface area contributed by atoms with Gasteiger partial charge >= 0.3 is 0 Å². The first-order chi connectivity index (χ1) is 7.15. The predicted molar refractivity (Wildman–Crippen MR) is 61.0 cm³/mol. The third-order valence-corrected chi connectivity index (χ3v) is 3.50. The fourth-order valence-electron chi connectivity index (χ4n) is 2.35. The van der Waals surface area contributed by atoms with E-state index in [1.165, 1.54) is 6.42 Å². The van der Waals surface area contributed by atoms with Crippen molar-refractivity contribution in [2.45, 2.75) is 45.7 Å². The van der Waals surface area contributed by atoms with Gasteiger partial charge in [0.15, 0.2) is 0 Å². The quantitative estimate of drug-likeness (QED) is 0.799. The zero-order valence-electron chi connectivity index (χ0n) is 9.42. The lowest BCUT2D eigenvalue weighted by Gasteiger charge is -2.30. The molecule has 2 N–H and O–H groups in total. The molecule has 1 fully saturated rings. The summed E-state index contributed by atoms with van der Waals surface area (Å²) < 4.78 is 1.93. The molecule has 1 aromatic heterocycles. The van der Waals surface area contributed by atoms with E-state index >= 15 is 0 Å². The van der Waals surface area contributed by atoms with E-state index in [4.69, 9.17) is 5.73 Å². The molecular formula is C12H18N2O. The van der Waals surface area contributed by atoms with E-state index in [1.807, 2.05) is 18.4 Å². The molecule has 0 atom stereocenters. The fourth-order valence-corrected chi connectivity index (χ4v) is 2.35. The Balaban J connectivity index is 2.57. The minimum Gasteiger partial charge on any atom is -0.326 e. The number of rotatable bonds is 2. The summed E-state index contributed by atoms with van der Waals surface area (Å²) in [6, 6.07) is 2.14. The Morgan fingerprint density at radius 3 is 2.60 bits per heavy atom. The van der Waals surface area contributed by atoms with E-state index < -0.39 is 0 Å². The topological polar surface area (TPSA) is 48.0 Å². The molecule has 2 rings (SSSR count). The molecule has 0 aliphatic heterocycles. The van der Waals surface area contributed by atoms with Crippen LogP contribution in [0.5, 0.6) is 0 Å². The zero-order chi connectivity index (χ0) is 11.0. The minimum atomic E-state index is 0.131. The van der Waals surface area contributed by atoms with E-state index in [-0.39, 0.29) is 5.56 Å². The van der Waals surface area contributed by atoms with Crippen LogP contribution in [0, 0.1) is 13.8 Å². The van der Waals surface area contributed by atoms with Crippen LogP contribution in [-0.4, -0.2) is 4.57 Å². The molecule has 0 saturated heterocycles. The van der Waals surface area contributed by atoms with E-state index in [1.54, 1.807) is 6.07 Å². The van der Waals surface area contributed by atoms with Gasteiger partial charge in [0, 0.05) is 24.3 Å². The van der Waals surface area contributed by atoms with Crippen LogP contribution in [0.25, 0.3) is 0 Å². The molecule has 82 valence electrons. The lowest BCUT2D eigenvalue weighted by atomic mass is 9.91. The van der Waals surface area contributed by atoms with Gasteiger partial charge in [0.1, 0.15) is 0 Å². The van der Waals surface area contributed by atoms with Crippen LogP contribution in [0.2, 0.25) is 0 Å². The van der Waals surface area contributed by atoms with Gasteiger partial charge in [-0.3, -0.25) is 4.79 Å². The van der Waals surface area contributed by atoms with Crippen molar-refractivity contribution in [2.24, 2.45) is 5.73 Å². The van der Waals surface area contributed by atoms with Crippen LogP contribution in [-0.2, 0) is 6.54 Å². The van der Waals surface area contributed by atoms with Crippen LogP contribution in [0.3, 0.4) is 0 Å². The number of pyridine rings is 1. The van der Waals surface area contributed by atoms with Gasteiger partial charge in [-0.1, -0.05) is 0 Å². The van der Waals surface area contributed by atoms with E-state index in [0.29, 0.717) is 12.6 Å². The van der Waals surface area contributed by atoms with Crippen LogP contribution in [0.1, 0.15) is 42.1 Å². The van der Waals surface area contributed by atoms with Crippen LogP contribution in [0.15, 0.2) is 10.9 Å². The largest absolute Gasteiger partial charge is 0.326 e. The van der Waals surface area contributed by atoms with Crippen molar-refractivity contribution in [1.29, 1.82) is 0 Å². The Morgan fingerprint density at radius 1 is 1.47 bits per heavy atom. The molecule has 1 aliphatic rings. The normalized spacial score (nSPS) is 16.5. The average molecular weight is 206 g/mol. The Morgan fingerprint density at radius 2 is 2.13 bits per heavy atom. The lowest BCUT2D eigenvalue weighted by Crippen LogP contribution is -2.32. The van der Waals surface area contributed by atoms with Crippen molar-refractivity contribution in [3.8, 4) is 0 Å². The van der Waals surface area contributed by atoms with Gasteiger partial charge in [-0.2, -0.15) is 0 Å². The second-order valence-corrected chi connectivity index (χ2v) is 4.39. The highest BCUT2D eigenvalue weighted by Crippen LogP contribution is 2.31. The maximum atomic E-state index is 11.9. The first-order valence-corrected chi connectivity index (χ1v) is 5.57. The van der Waals surface area contributed by atoms with E-state index in [9.17, 15) is 4.79 Å². The fraction of sp³-hybridized carbons (Fsp3) is 0.583. The highest BCUT2D eigenvalue weighted by molar-refractivity contribution is 5.29. The zero-order valence-corrected chi connectivity index (χ0v) is 9.42. The summed E-state index contributed by atoms with van der Waals surface area (Å²) in [5.41, 5.74) is 9.06. The van der Waals surface area contributed by atoms with Gasteiger partial charge in [0.25, 0.3) is 5.56 Å². The van der Waals surface area contributed by atoms with Gasteiger partial charge in [-0.15, -0.1) is 0 Å². The first-order valence-electron chi connectivity index (χ1n) is 5.57. The molecule has 1 aliphatic carbocycles. The molecule has 0 bridgehead atoms. The SMILES string of the molecule is Cc1cc(=O)n(C2CCC2)c(C)c1CN. The summed E-state index contributed by atoms with van der Waals surface area (Å²) >= 11 is 0. The van der Waals surface area contributed by atoms with Crippen molar-refractivity contribution in [1.82, 2.24) is 4.57 Å². The van der Waals surface area contributed by atoms with Crippen LogP contribution < -0.4 is 11.3 Å². The summed E-state index contributed by atoms with van der Waals surface area (Å²) in [4.78, 5) is 11.9. The Labute approximate surface area is 89.9 Å². The molecule has 0 unspecified atom stereocenters. The van der Waals surface area contributed by atoms with Crippen molar-refractivity contribution in [3.63, 3.8) is 0 Å². The summed E-state index contributed by atoms with van der Waals surface area (Å²) in [5, 5.41) is 0. The number of nitrogens with zero attached hydrogens (tertiary/aromatic N) is 1. The summed E-state index contributed by atoms with van der Waals surface area (Å²) in [7, 11) is 0. The first kappa shape index (κ1) is 10.4. The molecular weight excluding hydrogens is 188 g/mol. The lowest BCUT2D eigenvalue weighted by molar-refractivity contribution is 0.300. The van der Waals surface area contributed by atoms with E-state index in [2.05, 4.69) is 0 Å². The standard InChI is InChI=1S/C12H18N2O/c1-8-6-12(15)14(10-4-3-5-10)9(2)11(8)7-13/h6,10H,3-5,7,13H2,1-2H3. The third-order valence-electron chi connectivity index (χ3n) is 3.50. The van der Waals surface area contributed by atoms with Gasteiger partial charge in [0.2, 0.25) is 0 Å². The van der Waals surface area contributed by atoms with Crippen molar-refractivity contribution in [3.05, 3.63) is 33.2 Å². The molecule has 15 heavy (non-hydrogen) atoms. The predicted octanol–water partition coefficient (Wildman–Crippen LogP) is 1.65. The molecule has 0 aromatic carbocycles. The molecule has 3 heteroatoms. The molecule has 3 nitrogen and oxygen atoms in total. The minimum absolute atomic E-state index is 0.131. The van der Waals surface area contributed by atoms with Crippen molar-refractivity contribution >= 4 is 0 Å². The molecule has 0 spiro atoms. The summed E-state index contributed by atoms with van der Waals surface area (Å²) in [6.07, 6.45) is 3.50. The monoisotopic (exact) mass is 206 g/mol. The number of nitrogens with two attached hydrogens (primary N) is 1. The average Bonchev–Trinajstić information content (AvgIpc) is 2.09. The number of aromatic nitrogens is 1. The molecule has 0 amide bonds. The van der Waals surface area contributed by atoms with Gasteiger partial charge in [-0.25, -0.2) is 0 Å². The van der Waals surface area contributed by atoms with Crippen LogP contribution in [0.4, 0.5) is 0 Å². The maximum absolute atomic E-state index is 11.9. The highest BCUT2D eigenvalue weighted by Gasteiger charge is 2.22. The summed E-state index contributed by atoms with van der Waals surface area (Å²) in [6.45, 7) is 4.49. The third kappa shape index (κ3) is 1.61. The van der Waals surface area contributed by atoms with Gasteiger partial charge in [0.05, 0.1) is 0 Å². The number of hydrogen-bond donors (Lipinski definition) is 1. The summed E-state index contributed by atoms with van der Waals surface area (Å²) in [5.74, 6) is 0. The number of hydrogen-bond acceptors (Lipinski definition) is 2. The second kappa shape index (κ2) is 3.81. The van der Waals surface area contributed by atoms with E-state index in [0.717, 1.165) is 29.7 Å². The molecule has 1 aromatic rings. The van der Waals surface area contributed by atoms with Crippen LogP contribution >= 0.6 is 0 Å². The molecule has 1 heterocycles. The second-order valence-electron chi connectivity index (χ2n) is 4.39. The smallest absolute Gasteiger partial charge is 0.251 e. The maximum Gasteiger partial charge on any atom is 0.251 e. The molecule has 0 radical (unpaired) electrons. The Bertz CT molecular complexity index is 430. The Kier molecular flexibility index (Phi) is 2.65. The van der Waals surface area contributed by atoms with Crippen molar-refractivity contribution < 1.29 is 0 Å². The molecule has 1 saturated carbocycles.